The molecule has 3 aromatic rings. The Hall–Kier alpha value is -1.82. The van der Waals surface area contributed by atoms with Gasteiger partial charge in [-0.2, -0.15) is 0 Å². The summed E-state index contributed by atoms with van der Waals surface area (Å²) >= 11 is 1.63. The van der Waals surface area contributed by atoms with Gasteiger partial charge in [0.1, 0.15) is 0 Å². The number of para-hydroxylation sites is 1. The molecule has 0 spiro atoms. The van der Waals surface area contributed by atoms with E-state index >= 15 is 0 Å². The summed E-state index contributed by atoms with van der Waals surface area (Å²) < 4.78 is 0. The monoisotopic (exact) mass is 284 g/mol. The van der Waals surface area contributed by atoms with Gasteiger partial charge in [-0.15, -0.1) is 11.3 Å². The van der Waals surface area contributed by atoms with Crippen LogP contribution in [0.4, 0.5) is 0 Å². The van der Waals surface area contributed by atoms with Gasteiger partial charge in [0.2, 0.25) is 0 Å². The summed E-state index contributed by atoms with van der Waals surface area (Å²) in [5.41, 5.74) is 5.83. The third kappa shape index (κ3) is 2.70. The van der Waals surface area contributed by atoms with Crippen LogP contribution in [0, 0.1) is 6.92 Å². The normalized spacial score (nSPS) is 12.7. The van der Waals surface area contributed by atoms with Gasteiger partial charge in [0.15, 0.2) is 0 Å². The first kappa shape index (κ1) is 13.2. The van der Waals surface area contributed by atoms with Crippen LogP contribution in [0.3, 0.4) is 0 Å². The molecule has 4 nitrogen and oxygen atoms in total. The number of pyridine rings is 1. The molecule has 0 radical (unpaired) electrons. The van der Waals surface area contributed by atoms with Crippen LogP contribution in [0.1, 0.15) is 22.4 Å². The first-order chi connectivity index (χ1) is 9.76. The van der Waals surface area contributed by atoms with Gasteiger partial charge >= 0.3 is 0 Å². The molecular formula is C15H16N4S. The third-order valence-corrected chi connectivity index (χ3v) is 4.06. The van der Waals surface area contributed by atoms with Gasteiger partial charge in [-0.25, -0.2) is 4.98 Å². The fourth-order valence-corrected chi connectivity index (χ4v) is 2.89. The Morgan fingerprint density at radius 1 is 1.20 bits per heavy atom. The molecule has 20 heavy (non-hydrogen) atoms. The van der Waals surface area contributed by atoms with Crippen molar-refractivity contribution in [2.45, 2.75) is 19.4 Å². The molecule has 5 heteroatoms. The number of nitrogens with two attached hydrogens (primary N) is 1. The highest BCUT2D eigenvalue weighted by Gasteiger charge is 2.14. The molecule has 0 bridgehead atoms. The molecule has 0 saturated carbocycles. The van der Waals surface area contributed by atoms with Crippen LogP contribution in [0.15, 0.2) is 41.8 Å². The van der Waals surface area contributed by atoms with Gasteiger partial charge in [-0.1, -0.05) is 24.3 Å². The Morgan fingerprint density at radius 2 is 2.05 bits per heavy atom. The molecule has 1 unspecified atom stereocenters. The van der Waals surface area contributed by atoms with Gasteiger partial charge in [0.25, 0.3) is 0 Å². The van der Waals surface area contributed by atoms with Crippen molar-refractivity contribution in [3.8, 4) is 0 Å². The largest absolute Gasteiger partial charge is 0.271 e. The number of nitrogens with one attached hydrogen (secondary N) is 1. The van der Waals surface area contributed by atoms with Crippen molar-refractivity contribution in [2.24, 2.45) is 5.84 Å². The third-order valence-electron chi connectivity index (χ3n) is 3.26. The summed E-state index contributed by atoms with van der Waals surface area (Å²) in [5.74, 6) is 5.66. The zero-order valence-electron chi connectivity index (χ0n) is 11.2. The number of fused-ring (bicyclic) bond motifs is 1. The molecule has 0 fully saturated rings. The fourth-order valence-electron chi connectivity index (χ4n) is 2.22. The standard InChI is InChI=1S/C15H16N4S/c1-10-17-15(9-20-10)14(19-16)8-12-7-6-11-4-2-3-5-13(11)18-12/h2-7,9,14,19H,8,16H2,1H3. The second kappa shape index (κ2) is 5.66. The van der Waals surface area contributed by atoms with Gasteiger partial charge in [0.05, 0.1) is 22.3 Å². The minimum Gasteiger partial charge on any atom is -0.271 e. The van der Waals surface area contributed by atoms with E-state index in [4.69, 9.17) is 5.84 Å². The summed E-state index contributed by atoms with van der Waals surface area (Å²) in [5, 5.41) is 4.24. The predicted molar refractivity (Wildman–Crippen MR) is 82.4 cm³/mol. The van der Waals surface area contributed by atoms with Crippen LogP contribution in [0.25, 0.3) is 10.9 Å². The minimum atomic E-state index is -0.00591. The second-order valence-corrected chi connectivity index (χ2v) is 5.77. The number of thiazole rings is 1. The zero-order valence-corrected chi connectivity index (χ0v) is 12.0. The lowest BCUT2D eigenvalue weighted by Gasteiger charge is -2.13. The minimum absolute atomic E-state index is 0.00591. The molecule has 1 aromatic carbocycles. The van der Waals surface area contributed by atoms with Crippen LogP contribution >= 0.6 is 11.3 Å². The maximum Gasteiger partial charge on any atom is 0.0898 e. The highest BCUT2D eigenvalue weighted by Crippen LogP contribution is 2.20. The van der Waals surface area contributed by atoms with E-state index in [1.54, 1.807) is 11.3 Å². The summed E-state index contributed by atoms with van der Waals surface area (Å²) in [6.45, 7) is 2.00. The molecule has 0 amide bonds. The molecular weight excluding hydrogens is 268 g/mol. The molecule has 1 atom stereocenters. The van der Waals surface area contributed by atoms with Gasteiger partial charge in [0, 0.05) is 22.9 Å². The molecule has 2 aromatic heterocycles. The van der Waals surface area contributed by atoms with Gasteiger partial charge < -0.3 is 0 Å². The smallest absolute Gasteiger partial charge is 0.0898 e. The Morgan fingerprint density at radius 3 is 2.80 bits per heavy atom. The van der Waals surface area contributed by atoms with E-state index < -0.39 is 0 Å². The lowest BCUT2D eigenvalue weighted by molar-refractivity contribution is 0.535. The Labute approximate surface area is 121 Å². The van der Waals surface area contributed by atoms with E-state index in [0.717, 1.165) is 33.7 Å². The number of hydrogen-bond donors (Lipinski definition) is 2. The van der Waals surface area contributed by atoms with Gasteiger partial charge in [-0.05, 0) is 19.1 Å². The van der Waals surface area contributed by atoms with Crippen LogP contribution in [0.2, 0.25) is 0 Å². The van der Waals surface area contributed by atoms with E-state index in [9.17, 15) is 0 Å². The highest BCUT2D eigenvalue weighted by molar-refractivity contribution is 7.09. The number of aromatic nitrogens is 2. The SMILES string of the molecule is Cc1nc(C(Cc2ccc3ccccc3n2)NN)cs1. The fraction of sp³-hybridized carbons (Fsp3) is 0.200. The molecule has 0 aliphatic rings. The molecule has 3 N–H and O–H groups in total. The van der Waals surface area contributed by atoms with Crippen molar-refractivity contribution in [1.29, 1.82) is 0 Å². The number of hydrazine groups is 1. The highest BCUT2D eigenvalue weighted by atomic mass is 32.1. The Bertz CT molecular complexity index is 722. The van der Waals surface area contributed by atoms with Crippen molar-refractivity contribution in [1.82, 2.24) is 15.4 Å². The first-order valence-corrected chi connectivity index (χ1v) is 7.37. The van der Waals surface area contributed by atoms with Crippen molar-refractivity contribution < 1.29 is 0 Å². The average molecular weight is 284 g/mol. The summed E-state index contributed by atoms with van der Waals surface area (Å²) in [6, 6.07) is 12.2. The molecule has 0 aliphatic carbocycles. The van der Waals surface area contributed by atoms with Gasteiger partial charge in [-0.3, -0.25) is 16.3 Å². The maximum atomic E-state index is 5.66. The number of hydrogen-bond acceptors (Lipinski definition) is 5. The van der Waals surface area contributed by atoms with E-state index in [-0.39, 0.29) is 6.04 Å². The number of rotatable bonds is 4. The Kier molecular flexibility index (Phi) is 3.73. The van der Waals surface area contributed by atoms with E-state index in [2.05, 4.69) is 27.5 Å². The zero-order chi connectivity index (χ0) is 13.9. The summed E-state index contributed by atoms with van der Waals surface area (Å²) in [6.07, 6.45) is 0.727. The number of nitrogens with zero attached hydrogens (tertiary/aromatic N) is 2. The lowest BCUT2D eigenvalue weighted by atomic mass is 10.1. The predicted octanol–water partition coefficient (Wildman–Crippen LogP) is 2.75. The molecule has 2 heterocycles. The van der Waals surface area contributed by atoms with Crippen molar-refractivity contribution >= 4 is 22.2 Å². The molecule has 0 saturated heterocycles. The molecule has 0 aliphatic heterocycles. The molecule has 3 rings (SSSR count). The molecule has 102 valence electrons. The average Bonchev–Trinajstić information content (AvgIpc) is 2.91. The topological polar surface area (TPSA) is 63.8 Å². The summed E-state index contributed by atoms with van der Waals surface area (Å²) in [7, 11) is 0. The second-order valence-electron chi connectivity index (χ2n) is 4.71. The van der Waals surface area contributed by atoms with Crippen molar-refractivity contribution in [3.05, 3.63) is 58.2 Å². The van der Waals surface area contributed by atoms with Crippen LogP contribution in [-0.2, 0) is 6.42 Å². The van der Waals surface area contributed by atoms with Crippen molar-refractivity contribution in [3.63, 3.8) is 0 Å². The van der Waals surface area contributed by atoms with Crippen molar-refractivity contribution in [2.75, 3.05) is 0 Å². The lowest BCUT2D eigenvalue weighted by Crippen LogP contribution is -2.30. The maximum absolute atomic E-state index is 5.66. The van der Waals surface area contributed by atoms with E-state index in [1.165, 1.54) is 0 Å². The Balaban J connectivity index is 1.87. The van der Waals surface area contributed by atoms with E-state index in [1.807, 2.05) is 36.6 Å². The summed E-state index contributed by atoms with van der Waals surface area (Å²) in [4.78, 5) is 9.16. The first-order valence-electron chi connectivity index (χ1n) is 6.49. The van der Waals surface area contributed by atoms with Crippen LogP contribution in [0.5, 0.6) is 0 Å². The van der Waals surface area contributed by atoms with Crippen LogP contribution in [-0.4, -0.2) is 9.97 Å². The van der Waals surface area contributed by atoms with E-state index in [0.29, 0.717) is 0 Å². The quantitative estimate of drug-likeness (QED) is 0.571. The number of aryl methyl sites for hydroxylation is 1. The van der Waals surface area contributed by atoms with Crippen LogP contribution < -0.4 is 11.3 Å². The number of benzene rings is 1.